The molecule has 9 heteroatoms. The Kier molecular flexibility index (Phi) is 9.34. The Bertz CT molecular complexity index is 1010. The summed E-state index contributed by atoms with van der Waals surface area (Å²) in [6.45, 7) is 5.66. The van der Waals surface area contributed by atoms with Crippen molar-refractivity contribution in [1.82, 2.24) is 9.62 Å². The smallest absolute Gasteiger partial charge is 0.241 e. The number of hydrogen-bond acceptors (Lipinski definition) is 4. The summed E-state index contributed by atoms with van der Waals surface area (Å²) in [5.74, 6) is -0.977. The predicted octanol–water partition coefficient (Wildman–Crippen LogP) is 3.67. The second kappa shape index (κ2) is 11.7. The van der Waals surface area contributed by atoms with Crippen LogP contribution in [0.3, 0.4) is 0 Å². The molecule has 0 saturated heterocycles. The summed E-state index contributed by atoms with van der Waals surface area (Å²) in [5, 5.41) is 2.57. The highest BCUT2D eigenvalue weighted by molar-refractivity contribution is 7.89. The molecule has 0 unspecified atom stereocenters. The van der Waals surface area contributed by atoms with Crippen LogP contribution in [-0.4, -0.2) is 37.7 Å². The van der Waals surface area contributed by atoms with E-state index in [2.05, 4.69) is 17.0 Å². The summed E-state index contributed by atoms with van der Waals surface area (Å²) in [4.78, 5) is 25.8. The third-order valence-electron chi connectivity index (χ3n) is 4.82. The number of unbranched alkanes of at least 4 members (excludes halogenated alkanes) is 2. The molecule has 32 heavy (non-hydrogen) atoms. The Hall–Kier alpha value is -2.78. The Morgan fingerprint density at radius 1 is 1.03 bits per heavy atom. The number of carbonyl (C=O) groups is 2. The zero-order valence-electron chi connectivity index (χ0n) is 18.6. The maximum atomic E-state index is 13.2. The Morgan fingerprint density at radius 3 is 2.22 bits per heavy atom. The van der Waals surface area contributed by atoms with Crippen LogP contribution in [0.1, 0.15) is 45.6 Å². The van der Waals surface area contributed by atoms with Gasteiger partial charge in [0.1, 0.15) is 5.82 Å². The fourth-order valence-corrected chi connectivity index (χ4v) is 4.37. The largest absolute Gasteiger partial charge is 0.337 e. The van der Waals surface area contributed by atoms with Crippen LogP contribution in [0.5, 0.6) is 0 Å². The van der Waals surface area contributed by atoms with Crippen molar-refractivity contribution in [1.29, 1.82) is 0 Å². The number of carbonyl (C=O) groups excluding carboxylic acids is 2. The molecule has 0 heterocycles. The van der Waals surface area contributed by atoms with E-state index < -0.39 is 16.1 Å². The highest BCUT2D eigenvalue weighted by Gasteiger charge is 2.26. The van der Waals surface area contributed by atoms with Crippen molar-refractivity contribution < 1.29 is 22.4 Å². The summed E-state index contributed by atoms with van der Waals surface area (Å²) in [7, 11) is -3.95. The lowest BCUT2D eigenvalue weighted by Crippen LogP contribution is -2.46. The number of rotatable bonds is 11. The molecular formula is C23H30FN3O4S. The summed E-state index contributed by atoms with van der Waals surface area (Å²) in [6, 6.07) is 10.6. The van der Waals surface area contributed by atoms with Gasteiger partial charge in [0.05, 0.1) is 10.9 Å². The van der Waals surface area contributed by atoms with Crippen molar-refractivity contribution >= 4 is 27.5 Å². The summed E-state index contributed by atoms with van der Waals surface area (Å²) < 4.78 is 41.1. The molecule has 0 saturated carbocycles. The quantitative estimate of drug-likeness (QED) is 0.497. The molecule has 2 N–H and O–H groups in total. The van der Waals surface area contributed by atoms with Crippen LogP contribution in [0.4, 0.5) is 10.1 Å². The van der Waals surface area contributed by atoms with Gasteiger partial charge in [0.25, 0.3) is 0 Å². The molecule has 0 radical (unpaired) electrons. The maximum absolute atomic E-state index is 13.2. The number of amides is 2. The molecule has 0 spiro atoms. The van der Waals surface area contributed by atoms with Crippen molar-refractivity contribution in [3.8, 4) is 0 Å². The van der Waals surface area contributed by atoms with Crippen LogP contribution in [0.25, 0.3) is 0 Å². The number of hydrogen-bond donors (Lipinski definition) is 2. The van der Waals surface area contributed by atoms with Gasteiger partial charge in [0.15, 0.2) is 0 Å². The van der Waals surface area contributed by atoms with Crippen LogP contribution < -0.4 is 10.0 Å². The van der Waals surface area contributed by atoms with E-state index in [4.69, 9.17) is 0 Å². The minimum Gasteiger partial charge on any atom is -0.337 e. The lowest BCUT2D eigenvalue weighted by Gasteiger charge is -2.26. The highest BCUT2D eigenvalue weighted by Crippen LogP contribution is 2.16. The monoisotopic (exact) mass is 463 g/mol. The fourth-order valence-electron chi connectivity index (χ4n) is 3.18. The zero-order valence-corrected chi connectivity index (χ0v) is 19.4. The molecule has 0 aliphatic carbocycles. The molecule has 2 amide bonds. The zero-order chi connectivity index (χ0) is 23.7. The van der Waals surface area contributed by atoms with E-state index in [0.717, 1.165) is 24.8 Å². The van der Waals surface area contributed by atoms with E-state index in [1.54, 1.807) is 17.0 Å². The average molecular weight is 464 g/mol. The first-order valence-corrected chi connectivity index (χ1v) is 12.0. The Labute approximate surface area is 189 Å². The SMILES string of the molecule is CCCCCN(Cc1ccc(F)cc1)C(=O)[C@H](C)NS(=O)(=O)c1ccc(NC(C)=O)cc1. The van der Waals surface area contributed by atoms with Crippen molar-refractivity contribution in [2.75, 3.05) is 11.9 Å². The number of anilines is 1. The summed E-state index contributed by atoms with van der Waals surface area (Å²) >= 11 is 0. The summed E-state index contributed by atoms with van der Waals surface area (Å²) in [6.07, 6.45) is 2.71. The van der Waals surface area contributed by atoms with Crippen molar-refractivity contribution in [2.24, 2.45) is 0 Å². The van der Waals surface area contributed by atoms with E-state index in [-0.39, 0.29) is 29.1 Å². The first-order chi connectivity index (χ1) is 15.1. The second-order valence-electron chi connectivity index (χ2n) is 7.64. The number of halogens is 1. The number of nitrogens with zero attached hydrogens (tertiary/aromatic N) is 1. The minimum absolute atomic E-state index is 0.0117. The molecule has 0 fully saturated rings. The third kappa shape index (κ3) is 7.72. The van der Waals surface area contributed by atoms with E-state index in [1.165, 1.54) is 50.2 Å². The minimum atomic E-state index is -3.95. The molecule has 0 aliphatic heterocycles. The van der Waals surface area contributed by atoms with Gasteiger partial charge in [0.2, 0.25) is 21.8 Å². The third-order valence-corrected chi connectivity index (χ3v) is 6.37. The van der Waals surface area contributed by atoms with Gasteiger partial charge in [-0.25, -0.2) is 12.8 Å². The van der Waals surface area contributed by atoms with E-state index >= 15 is 0 Å². The molecule has 1 atom stereocenters. The van der Waals surface area contributed by atoms with Gasteiger partial charge in [-0.05, 0) is 55.3 Å². The Balaban J connectivity index is 2.12. The fraction of sp³-hybridized carbons (Fsp3) is 0.391. The van der Waals surface area contributed by atoms with Crippen LogP contribution in [0.2, 0.25) is 0 Å². The topological polar surface area (TPSA) is 95.6 Å². The van der Waals surface area contributed by atoms with Gasteiger partial charge < -0.3 is 10.2 Å². The lowest BCUT2D eigenvalue weighted by molar-refractivity contribution is -0.133. The molecule has 7 nitrogen and oxygen atoms in total. The van der Waals surface area contributed by atoms with Crippen molar-refractivity contribution in [3.05, 3.63) is 59.9 Å². The van der Waals surface area contributed by atoms with Gasteiger partial charge in [-0.2, -0.15) is 4.72 Å². The normalized spacial score (nSPS) is 12.2. The first kappa shape index (κ1) is 25.5. The van der Waals surface area contributed by atoms with Crippen LogP contribution in [0.15, 0.2) is 53.4 Å². The molecule has 2 aromatic carbocycles. The molecule has 0 aromatic heterocycles. The molecule has 2 aromatic rings. The van der Waals surface area contributed by atoms with E-state index in [0.29, 0.717) is 12.2 Å². The van der Waals surface area contributed by atoms with Gasteiger partial charge in [-0.1, -0.05) is 31.9 Å². The van der Waals surface area contributed by atoms with E-state index in [9.17, 15) is 22.4 Å². The average Bonchev–Trinajstić information content (AvgIpc) is 2.73. The molecule has 174 valence electrons. The standard InChI is InChI=1S/C23H30FN3O4S/c1-4-5-6-15-27(16-19-7-9-20(24)10-8-19)23(29)17(2)26-32(30,31)22-13-11-21(12-14-22)25-18(3)28/h7-14,17,26H,4-6,15-16H2,1-3H3,(H,25,28)/t17-/m0/s1. The number of benzene rings is 2. The first-order valence-electron chi connectivity index (χ1n) is 10.6. The maximum Gasteiger partial charge on any atom is 0.241 e. The number of sulfonamides is 1. The summed E-state index contributed by atoms with van der Waals surface area (Å²) in [5.41, 5.74) is 1.24. The van der Waals surface area contributed by atoms with Crippen molar-refractivity contribution in [2.45, 2.75) is 57.5 Å². The molecule has 0 bridgehead atoms. The number of nitrogens with one attached hydrogen (secondary N) is 2. The van der Waals surface area contributed by atoms with Gasteiger partial charge >= 0.3 is 0 Å². The van der Waals surface area contributed by atoms with Gasteiger partial charge in [-0.15, -0.1) is 0 Å². The van der Waals surface area contributed by atoms with Crippen LogP contribution in [0, 0.1) is 5.82 Å². The Morgan fingerprint density at radius 2 is 1.66 bits per heavy atom. The lowest BCUT2D eigenvalue weighted by atomic mass is 10.1. The molecule has 0 aliphatic rings. The predicted molar refractivity (Wildman–Crippen MR) is 122 cm³/mol. The highest BCUT2D eigenvalue weighted by atomic mass is 32.2. The van der Waals surface area contributed by atoms with Crippen LogP contribution in [-0.2, 0) is 26.2 Å². The molecular weight excluding hydrogens is 433 g/mol. The van der Waals surface area contributed by atoms with Gasteiger partial charge in [-0.3, -0.25) is 9.59 Å². The van der Waals surface area contributed by atoms with Crippen LogP contribution >= 0.6 is 0 Å². The van der Waals surface area contributed by atoms with E-state index in [1.807, 2.05) is 0 Å². The van der Waals surface area contributed by atoms with Crippen molar-refractivity contribution in [3.63, 3.8) is 0 Å². The van der Waals surface area contributed by atoms with Gasteiger partial charge in [0, 0.05) is 25.7 Å². The molecule has 2 rings (SSSR count). The second-order valence-corrected chi connectivity index (χ2v) is 9.36.